The lowest BCUT2D eigenvalue weighted by Crippen LogP contribution is -2.38. The maximum Gasteiger partial charge on any atom is 0.253 e. The minimum atomic E-state index is 0.00360. The van der Waals surface area contributed by atoms with Crippen molar-refractivity contribution in [3.63, 3.8) is 0 Å². The zero-order chi connectivity index (χ0) is 12.3. The topological polar surface area (TPSA) is 44.1 Å². The summed E-state index contributed by atoms with van der Waals surface area (Å²) in [4.78, 5) is 13.9. The molecule has 0 unspecified atom stereocenters. The second-order valence-electron chi connectivity index (χ2n) is 4.21. The Morgan fingerprint density at radius 1 is 1.41 bits per heavy atom. The zero-order valence-corrected chi connectivity index (χ0v) is 10.2. The molecule has 0 radical (unpaired) electrons. The van der Waals surface area contributed by atoms with Crippen LogP contribution in [0.2, 0.25) is 5.02 Å². The Morgan fingerprint density at radius 3 is 2.71 bits per heavy atom. The van der Waals surface area contributed by atoms with Gasteiger partial charge in [-0.2, -0.15) is 5.26 Å². The van der Waals surface area contributed by atoms with Gasteiger partial charge < -0.3 is 4.90 Å². The lowest BCUT2D eigenvalue weighted by molar-refractivity contribution is 0.0707. The summed E-state index contributed by atoms with van der Waals surface area (Å²) < 4.78 is 0. The number of carbonyl (C=O) groups excluding carboxylic acids is 1. The van der Waals surface area contributed by atoms with Gasteiger partial charge in [0.2, 0.25) is 0 Å². The Balaban J connectivity index is 2.05. The first kappa shape index (κ1) is 11.9. The van der Waals surface area contributed by atoms with Crippen molar-refractivity contribution in [3.8, 4) is 6.07 Å². The van der Waals surface area contributed by atoms with Gasteiger partial charge in [0, 0.05) is 29.6 Å². The van der Waals surface area contributed by atoms with Gasteiger partial charge in [-0.15, -0.1) is 0 Å². The number of benzene rings is 1. The molecule has 1 heterocycles. The molecule has 3 nitrogen and oxygen atoms in total. The van der Waals surface area contributed by atoms with E-state index in [1.54, 1.807) is 29.2 Å². The third-order valence-electron chi connectivity index (χ3n) is 3.04. The van der Waals surface area contributed by atoms with E-state index >= 15 is 0 Å². The van der Waals surface area contributed by atoms with Crippen LogP contribution in [0.5, 0.6) is 0 Å². The molecule has 1 fully saturated rings. The maximum atomic E-state index is 12.1. The maximum absolute atomic E-state index is 12.1. The van der Waals surface area contributed by atoms with Gasteiger partial charge in [0.05, 0.1) is 6.07 Å². The van der Waals surface area contributed by atoms with Crippen molar-refractivity contribution in [1.29, 1.82) is 5.26 Å². The van der Waals surface area contributed by atoms with Crippen molar-refractivity contribution in [3.05, 3.63) is 34.9 Å². The highest BCUT2D eigenvalue weighted by Crippen LogP contribution is 2.19. The summed E-state index contributed by atoms with van der Waals surface area (Å²) in [6, 6.07) is 9.23. The van der Waals surface area contributed by atoms with Crippen LogP contribution in [0, 0.1) is 17.2 Å². The average Bonchev–Trinajstić information content (AvgIpc) is 2.38. The van der Waals surface area contributed by atoms with E-state index in [-0.39, 0.29) is 11.8 Å². The highest BCUT2D eigenvalue weighted by Gasteiger charge is 2.23. The Kier molecular flexibility index (Phi) is 3.65. The number of rotatable bonds is 1. The molecule has 0 bridgehead atoms. The van der Waals surface area contributed by atoms with Gasteiger partial charge in [-0.05, 0) is 31.0 Å². The van der Waals surface area contributed by atoms with Crippen molar-refractivity contribution >= 4 is 17.5 Å². The molecule has 0 aromatic heterocycles. The normalized spacial score (nSPS) is 16.6. The molecule has 1 amide bonds. The fraction of sp³-hybridized carbons (Fsp3) is 0.385. The summed E-state index contributed by atoms with van der Waals surface area (Å²) in [6.45, 7) is 1.31. The Hall–Kier alpha value is -1.53. The van der Waals surface area contributed by atoms with Crippen LogP contribution >= 0.6 is 11.6 Å². The van der Waals surface area contributed by atoms with Crippen LogP contribution in [-0.4, -0.2) is 23.9 Å². The molecule has 1 aromatic carbocycles. The van der Waals surface area contributed by atoms with Crippen molar-refractivity contribution in [1.82, 2.24) is 4.90 Å². The number of hydrogen-bond acceptors (Lipinski definition) is 2. The zero-order valence-electron chi connectivity index (χ0n) is 9.40. The van der Waals surface area contributed by atoms with Gasteiger partial charge in [-0.1, -0.05) is 17.7 Å². The minimum Gasteiger partial charge on any atom is -0.339 e. The molecule has 0 atom stereocenters. The van der Waals surface area contributed by atoms with Crippen molar-refractivity contribution in [2.45, 2.75) is 12.8 Å². The predicted octanol–water partition coefficient (Wildman–Crippen LogP) is 2.72. The fourth-order valence-electron chi connectivity index (χ4n) is 2.02. The SMILES string of the molecule is N#CC1CCN(C(=O)c2cccc(Cl)c2)CC1. The van der Waals surface area contributed by atoms with E-state index in [0.717, 1.165) is 12.8 Å². The molecule has 4 heteroatoms. The fourth-order valence-corrected chi connectivity index (χ4v) is 2.21. The summed E-state index contributed by atoms with van der Waals surface area (Å²) in [7, 11) is 0. The van der Waals surface area contributed by atoms with Gasteiger partial charge in [-0.3, -0.25) is 4.79 Å². The number of nitriles is 1. The first-order chi connectivity index (χ1) is 8.20. The number of hydrogen-bond donors (Lipinski definition) is 0. The predicted molar refractivity (Wildman–Crippen MR) is 65.7 cm³/mol. The van der Waals surface area contributed by atoms with Crippen molar-refractivity contribution in [2.24, 2.45) is 5.92 Å². The van der Waals surface area contributed by atoms with Gasteiger partial charge in [-0.25, -0.2) is 0 Å². The van der Waals surface area contributed by atoms with E-state index in [2.05, 4.69) is 6.07 Å². The largest absolute Gasteiger partial charge is 0.339 e. The molecule has 0 N–H and O–H groups in total. The molecule has 0 saturated carbocycles. The van der Waals surface area contributed by atoms with E-state index in [0.29, 0.717) is 23.7 Å². The summed E-state index contributed by atoms with van der Waals surface area (Å²) in [6.07, 6.45) is 1.53. The first-order valence-electron chi connectivity index (χ1n) is 5.65. The van der Waals surface area contributed by atoms with Crippen LogP contribution in [0.1, 0.15) is 23.2 Å². The third kappa shape index (κ3) is 2.78. The Morgan fingerprint density at radius 2 is 2.12 bits per heavy atom. The number of likely N-dealkylation sites (tertiary alicyclic amines) is 1. The highest BCUT2D eigenvalue weighted by molar-refractivity contribution is 6.30. The van der Waals surface area contributed by atoms with E-state index in [4.69, 9.17) is 16.9 Å². The van der Waals surface area contributed by atoms with Crippen LogP contribution in [0.25, 0.3) is 0 Å². The number of nitrogens with zero attached hydrogens (tertiary/aromatic N) is 2. The summed E-state index contributed by atoms with van der Waals surface area (Å²) in [5.41, 5.74) is 0.618. The standard InChI is InChI=1S/C13H13ClN2O/c14-12-3-1-2-11(8-12)13(17)16-6-4-10(9-15)5-7-16/h1-3,8,10H,4-7H2. The van der Waals surface area contributed by atoms with E-state index in [9.17, 15) is 4.79 Å². The van der Waals surface area contributed by atoms with Crippen LogP contribution < -0.4 is 0 Å². The molecule has 1 saturated heterocycles. The molecule has 1 aliphatic heterocycles. The summed E-state index contributed by atoms with van der Waals surface area (Å²) >= 11 is 5.86. The van der Waals surface area contributed by atoms with Crippen molar-refractivity contribution in [2.75, 3.05) is 13.1 Å². The van der Waals surface area contributed by atoms with Crippen LogP contribution in [0.3, 0.4) is 0 Å². The molecule has 88 valence electrons. The molecule has 0 spiro atoms. The van der Waals surface area contributed by atoms with Crippen LogP contribution in [0.4, 0.5) is 0 Å². The number of amides is 1. The molecule has 1 aliphatic rings. The second-order valence-corrected chi connectivity index (χ2v) is 4.64. The van der Waals surface area contributed by atoms with Gasteiger partial charge in [0.15, 0.2) is 0 Å². The smallest absolute Gasteiger partial charge is 0.253 e. The number of carbonyl (C=O) groups is 1. The van der Waals surface area contributed by atoms with Gasteiger partial charge in [0.1, 0.15) is 0 Å². The van der Waals surface area contributed by atoms with Crippen molar-refractivity contribution < 1.29 is 4.79 Å². The summed E-state index contributed by atoms with van der Waals surface area (Å²) in [5.74, 6) is 0.0994. The molecule has 2 rings (SSSR count). The van der Waals surface area contributed by atoms with Gasteiger partial charge >= 0.3 is 0 Å². The van der Waals surface area contributed by atoms with Crippen LogP contribution in [-0.2, 0) is 0 Å². The Labute approximate surface area is 106 Å². The minimum absolute atomic E-state index is 0.00360. The lowest BCUT2D eigenvalue weighted by Gasteiger charge is -2.29. The van der Waals surface area contributed by atoms with E-state index in [1.807, 2.05) is 0 Å². The van der Waals surface area contributed by atoms with Crippen LogP contribution in [0.15, 0.2) is 24.3 Å². The quantitative estimate of drug-likeness (QED) is 0.767. The first-order valence-corrected chi connectivity index (χ1v) is 6.03. The molecule has 0 aliphatic carbocycles. The highest BCUT2D eigenvalue weighted by atomic mass is 35.5. The van der Waals surface area contributed by atoms with E-state index in [1.165, 1.54) is 0 Å². The monoisotopic (exact) mass is 248 g/mol. The van der Waals surface area contributed by atoms with E-state index < -0.39 is 0 Å². The second kappa shape index (κ2) is 5.20. The van der Waals surface area contributed by atoms with Gasteiger partial charge in [0.25, 0.3) is 5.91 Å². The molecular formula is C13H13ClN2O. The molecule has 1 aromatic rings. The Bertz CT molecular complexity index is 459. The number of halogens is 1. The third-order valence-corrected chi connectivity index (χ3v) is 3.27. The average molecular weight is 249 g/mol. The molecular weight excluding hydrogens is 236 g/mol. The lowest BCUT2D eigenvalue weighted by atomic mass is 9.98. The summed E-state index contributed by atoms with van der Waals surface area (Å²) in [5, 5.41) is 9.37. The number of piperidine rings is 1. The molecule has 17 heavy (non-hydrogen) atoms.